The summed E-state index contributed by atoms with van der Waals surface area (Å²) >= 11 is 0. The highest BCUT2D eigenvalue weighted by atomic mass is 16.5. The number of hydrogen-bond donors (Lipinski definition) is 2. The molecule has 0 atom stereocenters. The van der Waals surface area contributed by atoms with Gasteiger partial charge >= 0.3 is 6.09 Å². The van der Waals surface area contributed by atoms with E-state index >= 15 is 0 Å². The van der Waals surface area contributed by atoms with Crippen LogP contribution in [-0.4, -0.2) is 31.0 Å². The molecule has 0 fully saturated rings. The van der Waals surface area contributed by atoms with Gasteiger partial charge in [0.05, 0.1) is 0 Å². The molecule has 0 aliphatic heterocycles. The largest absolute Gasteiger partial charge is 0.449 e. The van der Waals surface area contributed by atoms with Gasteiger partial charge in [-0.25, -0.2) is 4.79 Å². The average Bonchev–Trinajstić information content (AvgIpc) is 3.05. The molecule has 0 unspecified atom stereocenters. The van der Waals surface area contributed by atoms with Gasteiger partial charge in [-0.3, -0.25) is 0 Å². The highest BCUT2D eigenvalue weighted by Crippen LogP contribution is 2.44. The molecule has 28 heavy (non-hydrogen) atoms. The van der Waals surface area contributed by atoms with Gasteiger partial charge in [-0.05, 0) is 35.1 Å². The monoisotopic (exact) mass is 381 g/mol. The Morgan fingerprint density at radius 2 is 1.36 bits per heavy atom. The molecule has 0 bridgehead atoms. The summed E-state index contributed by atoms with van der Waals surface area (Å²) in [5.74, 6) is 0.108. The van der Waals surface area contributed by atoms with Crippen LogP contribution in [0.1, 0.15) is 62.0 Å². The molecular weight excluding hydrogens is 350 g/mol. The minimum Gasteiger partial charge on any atom is -0.449 e. The third-order valence-corrected chi connectivity index (χ3v) is 5.45. The summed E-state index contributed by atoms with van der Waals surface area (Å²) in [4.78, 5) is 12.1. The summed E-state index contributed by atoms with van der Waals surface area (Å²) in [5.41, 5.74) is 4.95. The van der Waals surface area contributed by atoms with Crippen molar-refractivity contribution in [3.8, 4) is 11.1 Å². The maximum atomic E-state index is 12.1. The van der Waals surface area contributed by atoms with Crippen molar-refractivity contribution in [3.63, 3.8) is 0 Å². The van der Waals surface area contributed by atoms with Crippen LogP contribution in [0.2, 0.25) is 0 Å². The zero-order chi connectivity index (χ0) is 19.6. The first-order valence-electron chi connectivity index (χ1n) is 10.5. The van der Waals surface area contributed by atoms with Crippen LogP contribution in [0.4, 0.5) is 4.79 Å². The molecule has 2 N–H and O–H groups in total. The standard InChI is InChI=1S/C24H31NO3/c26-17-11-5-3-1-2-4-10-16-25-24(27)28-18-23-21-14-8-6-12-19(21)20-13-7-9-15-22(20)23/h6-9,12-15,23,26H,1-5,10-11,16-18H2,(H,25,27). The number of unbranched alkanes of at least 4 members (excludes halogenated alkanes) is 6. The Hall–Kier alpha value is -2.33. The number of fused-ring (bicyclic) bond motifs is 3. The minimum absolute atomic E-state index is 0.108. The van der Waals surface area contributed by atoms with E-state index in [9.17, 15) is 4.79 Å². The molecule has 1 aliphatic carbocycles. The third-order valence-electron chi connectivity index (χ3n) is 5.45. The summed E-state index contributed by atoms with van der Waals surface area (Å²) in [7, 11) is 0. The van der Waals surface area contributed by atoms with Crippen molar-refractivity contribution in [1.29, 1.82) is 0 Å². The summed E-state index contributed by atoms with van der Waals surface area (Å²) in [5, 5.41) is 11.6. The van der Waals surface area contributed by atoms with Gasteiger partial charge in [0.25, 0.3) is 0 Å². The van der Waals surface area contributed by atoms with E-state index < -0.39 is 0 Å². The second kappa shape index (κ2) is 10.9. The molecule has 2 aromatic rings. The molecule has 0 saturated carbocycles. The van der Waals surface area contributed by atoms with Crippen molar-refractivity contribution < 1.29 is 14.6 Å². The number of nitrogens with one attached hydrogen (secondary N) is 1. The van der Waals surface area contributed by atoms with Crippen LogP contribution in [0.15, 0.2) is 48.5 Å². The van der Waals surface area contributed by atoms with E-state index in [0.717, 1.165) is 25.7 Å². The lowest BCUT2D eigenvalue weighted by molar-refractivity contribution is 0.143. The molecule has 0 saturated heterocycles. The molecule has 0 radical (unpaired) electrons. The van der Waals surface area contributed by atoms with Crippen molar-refractivity contribution >= 4 is 6.09 Å². The Morgan fingerprint density at radius 1 is 0.821 bits per heavy atom. The molecule has 3 rings (SSSR count). The molecular formula is C24H31NO3. The van der Waals surface area contributed by atoms with Crippen molar-refractivity contribution in [2.24, 2.45) is 0 Å². The van der Waals surface area contributed by atoms with E-state index in [1.54, 1.807) is 0 Å². The van der Waals surface area contributed by atoms with Crippen LogP contribution >= 0.6 is 0 Å². The Bertz CT molecular complexity index is 714. The van der Waals surface area contributed by atoms with E-state index in [2.05, 4.69) is 41.7 Å². The fourth-order valence-electron chi connectivity index (χ4n) is 3.96. The molecule has 1 aliphatic rings. The van der Waals surface area contributed by atoms with Gasteiger partial charge in [-0.15, -0.1) is 0 Å². The van der Waals surface area contributed by atoms with Crippen LogP contribution in [0, 0.1) is 0 Å². The van der Waals surface area contributed by atoms with Gasteiger partial charge < -0.3 is 15.2 Å². The SMILES string of the molecule is O=C(NCCCCCCCCCO)OCC1c2ccccc2-c2ccccc21. The van der Waals surface area contributed by atoms with Crippen molar-refractivity contribution in [2.45, 2.75) is 50.9 Å². The number of alkyl carbamates (subject to hydrolysis) is 1. The third kappa shape index (κ3) is 5.35. The number of carbonyl (C=O) groups is 1. The molecule has 0 aromatic heterocycles. The fourth-order valence-corrected chi connectivity index (χ4v) is 3.96. The van der Waals surface area contributed by atoms with Crippen molar-refractivity contribution in [3.05, 3.63) is 59.7 Å². The number of aliphatic hydroxyl groups is 1. The lowest BCUT2D eigenvalue weighted by atomic mass is 9.98. The van der Waals surface area contributed by atoms with E-state index in [1.807, 2.05) is 12.1 Å². The Balaban J connectivity index is 1.37. The Morgan fingerprint density at radius 3 is 1.96 bits per heavy atom. The van der Waals surface area contributed by atoms with E-state index in [0.29, 0.717) is 19.8 Å². The normalized spacial score (nSPS) is 12.5. The first kappa shape index (κ1) is 20.4. The zero-order valence-corrected chi connectivity index (χ0v) is 16.5. The number of hydrogen-bond acceptors (Lipinski definition) is 3. The van der Waals surface area contributed by atoms with Crippen LogP contribution in [0.5, 0.6) is 0 Å². The Labute approximate surface area is 167 Å². The van der Waals surface area contributed by atoms with Crippen LogP contribution in [0.3, 0.4) is 0 Å². The lowest BCUT2D eigenvalue weighted by Crippen LogP contribution is -2.27. The van der Waals surface area contributed by atoms with Crippen LogP contribution in [0.25, 0.3) is 11.1 Å². The number of ether oxygens (including phenoxy) is 1. The molecule has 4 nitrogen and oxygen atoms in total. The smallest absolute Gasteiger partial charge is 0.407 e. The van der Waals surface area contributed by atoms with Crippen LogP contribution in [-0.2, 0) is 4.74 Å². The second-order valence-electron chi connectivity index (χ2n) is 7.45. The van der Waals surface area contributed by atoms with Gasteiger partial charge in [0.2, 0.25) is 0 Å². The predicted molar refractivity (Wildman–Crippen MR) is 112 cm³/mol. The summed E-state index contributed by atoms with van der Waals surface area (Å²) in [6, 6.07) is 16.7. The zero-order valence-electron chi connectivity index (χ0n) is 16.5. The van der Waals surface area contributed by atoms with Gasteiger partial charge in [-0.2, -0.15) is 0 Å². The second-order valence-corrected chi connectivity index (χ2v) is 7.45. The van der Waals surface area contributed by atoms with E-state index in [4.69, 9.17) is 9.84 Å². The molecule has 0 spiro atoms. The highest BCUT2D eigenvalue weighted by molar-refractivity contribution is 5.79. The maximum absolute atomic E-state index is 12.1. The number of rotatable bonds is 11. The summed E-state index contributed by atoms with van der Waals surface area (Å²) in [6.07, 6.45) is 7.33. The van der Waals surface area contributed by atoms with E-state index in [1.165, 1.54) is 41.5 Å². The average molecular weight is 382 g/mol. The van der Waals surface area contributed by atoms with Crippen molar-refractivity contribution in [1.82, 2.24) is 5.32 Å². The number of aliphatic hydroxyl groups excluding tert-OH is 1. The molecule has 0 heterocycles. The van der Waals surface area contributed by atoms with Crippen LogP contribution < -0.4 is 5.32 Å². The van der Waals surface area contributed by atoms with Gasteiger partial charge in [0.1, 0.15) is 6.61 Å². The molecule has 2 aromatic carbocycles. The Kier molecular flexibility index (Phi) is 7.92. The first-order chi connectivity index (χ1) is 13.8. The van der Waals surface area contributed by atoms with Crippen molar-refractivity contribution in [2.75, 3.05) is 19.8 Å². The van der Waals surface area contributed by atoms with Gasteiger partial charge in [0.15, 0.2) is 0 Å². The fraction of sp³-hybridized carbons (Fsp3) is 0.458. The predicted octanol–water partition coefficient (Wildman–Crippen LogP) is 5.25. The lowest BCUT2D eigenvalue weighted by Gasteiger charge is -2.14. The maximum Gasteiger partial charge on any atom is 0.407 e. The number of amides is 1. The molecule has 1 amide bonds. The minimum atomic E-state index is -0.329. The number of benzene rings is 2. The highest BCUT2D eigenvalue weighted by Gasteiger charge is 2.28. The number of carbonyl (C=O) groups excluding carboxylic acids is 1. The quantitative estimate of drug-likeness (QED) is 0.523. The molecule has 4 heteroatoms. The van der Waals surface area contributed by atoms with Gasteiger partial charge in [0, 0.05) is 19.1 Å². The summed E-state index contributed by atoms with van der Waals surface area (Å²) < 4.78 is 5.54. The first-order valence-corrected chi connectivity index (χ1v) is 10.5. The van der Waals surface area contributed by atoms with E-state index in [-0.39, 0.29) is 12.0 Å². The molecule has 150 valence electrons. The topological polar surface area (TPSA) is 58.6 Å². The van der Waals surface area contributed by atoms with Gasteiger partial charge in [-0.1, -0.05) is 80.6 Å². The summed E-state index contributed by atoms with van der Waals surface area (Å²) in [6.45, 7) is 1.32.